The second kappa shape index (κ2) is 9.69. The molecule has 0 atom stereocenters. The van der Waals surface area contributed by atoms with Gasteiger partial charge in [0.1, 0.15) is 11.5 Å². The molecule has 2 aromatic heterocycles. The van der Waals surface area contributed by atoms with Gasteiger partial charge < -0.3 is 9.73 Å². The van der Waals surface area contributed by atoms with Gasteiger partial charge in [0.2, 0.25) is 5.91 Å². The molecule has 4 aromatic rings. The number of benzene rings is 2. The Morgan fingerprint density at radius 3 is 2.65 bits per heavy atom. The van der Waals surface area contributed by atoms with Crippen LogP contribution >= 0.6 is 34.5 Å². The van der Waals surface area contributed by atoms with Crippen LogP contribution in [0.4, 0.5) is 5.13 Å². The zero-order valence-electron chi connectivity index (χ0n) is 16.8. The van der Waals surface area contributed by atoms with Gasteiger partial charge in [0.15, 0.2) is 5.13 Å². The SMILES string of the molecule is Cc1nc(NC(=O)CCc2ccc(-c3ccccc3)o2)sc1Cc1ccc(Cl)c(Cl)c1. The quantitative estimate of drug-likeness (QED) is 0.311. The molecule has 4 rings (SSSR count). The van der Waals surface area contributed by atoms with Crippen LogP contribution in [0.2, 0.25) is 10.0 Å². The first-order valence-corrected chi connectivity index (χ1v) is 11.4. The van der Waals surface area contributed by atoms with Gasteiger partial charge in [-0.2, -0.15) is 0 Å². The van der Waals surface area contributed by atoms with Gasteiger partial charge in [-0.25, -0.2) is 4.98 Å². The molecule has 0 aliphatic rings. The van der Waals surface area contributed by atoms with E-state index in [-0.39, 0.29) is 5.91 Å². The Labute approximate surface area is 194 Å². The number of nitrogens with one attached hydrogen (secondary N) is 1. The van der Waals surface area contributed by atoms with Crippen LogP contribution in [0.5, 0.6) is 0 Å². The average Bonchev–Trinajstić information content (AvgIpc) is 3.37. The number of aromatic nitrogens is 1. The van der Waals surface area contributed by atoms with E-state index in [2.05, 4.69) is 10.3 Å². The summed E-state index contributed by atoms with van der Waals surface area (Å²) in [5, 5.41) is 4.56. The lowest BCUT2D eigenvalue weighted by molar-refractivity contribution is -0.116. The highest BCUT2D eigenvalue weighted by Gasteiger charge is 2.13. The molecule has 158 valence electrons. The maximum Gasteiger partial charge on any atom is 0.226 e. The standard InChI is InChI=1S/C24H20Cl2N2O2S/c1-15-22(14-16-7-10-19(25)20(26)13-16)31-24(27-15)28-23(29)12-9-18-8-11-21(30-18)17-5-3-2-4-6-17/h2-8,10-11,13H,9,12,14H2,1H3,(H,27,28,29). The lowest BCUT2D eigenvalue weighted by Gasteiger charge is -2.02. The first kappa shape index (κ1) is 21.6. The summed E-state index contributed by atoms with van der Waals surface area (Å²) in [7, 11) is 0. The smallest absolute Gasteiger partial charge is 0.226 e. The fraction of sp³-hybridized carbons (Fsp3) is 0.167. The van der Waals surface area contributed by atoms with Crippen molar-refractivity contribution in [2.24, 2.45) is 0 Å². The molecule has 0 radical (unpaired) electrons. The van der Waals surface area contributed by atoms with E-state index >= 15 is 0 Å². The minimum absolute atomic E-state index is 0.0903. The highest BCUT2D eigenvalue weighted by Crippen LogP contribution is 2.29. The molecule has 0 saturated heterocycles. The van der Waals surface area contributed by atoms with Crippen LogP contribution in [0.1, 0.15) is 28.3 Å². The highest BCUT2D eigenvalue weighted by molar-refractivity contribution is 7.15. The number of aryl methyl sites for hydroxylation is 2. The Morgan fingerprint density at radius 1 is 1.06 bits per heavy atom. The Bertz CT molecular complexity index is 1200. The molecule has 1 amide bonds. The zero-order chi connectivity index (χ0) is 21.8. The van der Waals surface area contributed by atoms with Crippen LogP contribution < -0.4 is 5.32 Å². The third-order valence-corrected chi connectivity index (χ3v) is 6.62. The van der Waals surface area contributed by atoms with Crippen molar-refractivity contribution >= 4 is 45.6 Å². The number of rotatable bonds is 7. The van der Waals surface area contributed by atoms with Crippen LogP contribution in [-0.4, -0.2) is 10.9 Å². The molecule has 0 unspecified atom stereocenters. The average molecular weight is 471 g/mol. The number of nitrogens with zero attached hydrogens (tertiary/aromatic N) is 1. The number of halogens is 2. The molecule has 2 aromatic carbocycles. The normalized spacial score (nSPS) is 10.9. The summed E-state index contributed by atoms with van der Waals surface area (Å²) in [6.07, 6.45) is 1.53. The second-order valence-corrected chi connectivity index (χ2v) is 9.03. The Balaban J connectivity index is 1.33. The van der Waals surface area contributed by atoms with Crippen molar-refractivity contribution in [3.05, 3.63) is 92.6 Å². The minimum atomic E-state index is -0.0903. The summed E-state index contributed by atoms with van der Waals surface area (Å²) in [5.74, 6) is 1.50. The molecule has 2 heterocycles. The van der Waals surface area contributed by atoms with Crippen molar-refractivity contribution in [2.45, 2.75) is 26.2 Å². The molecule has 4 nitrogen and oxygen atoms in total. The molecule has 0 bridgehead atoms. The Hall–Kier alpha value is -2.60. The van der Waals surface area contributed by atoms with Crippen LogP contribution in [0, 0.1) is 6.92 Å². The molecule has 0 aliphatic carbocycles. The molecule has 31 heavy (non-hydrogen) atoms. The van der Waals surface area contributed by atoms with E-state index in [9.17, 15) is 4.79 Å². The first-order valence-electron chi connectivity index (χ1n) is 9.82. The molecular formula is C24H20Cl2N2O2S. The van der Waals surface area contributed by atoms with Gasteiger partial charge in [0, 0.05) is 29.7 Å². The second-order valence-electron chi connectivity index (χ2n) is 7.13. The van der Waals surface area contributed by atoms with Crippen LogP contribution in [0.3, 0.4) is 0 Å². The fourth-order valence-electron chi connectivity index (χ4n) is 3.17. The van der Waals surface area contributed by atoms with Gasteiger partial charge in [-0.1, -0.05) is 59.6 Å². The molecule has 0 saturated carbocycles. The van der Waals surface area contributed by atoms with Crippen molar-refractivity contribution in [3.63, 3.8) is 0 Å². The molecule has 7 heteroatoms. The number of hydrogen-bond donors (Lipinski definition) is 1. The van der Waals surface area contributed by atoms with E-state index in [4.69, 9.17) is 27.6 Å². The zero-order valence-corrected chi connectivity index (χ0v) is 19.2. The molecular weight excluding hydrogens is 451 g/mol. The van der Waals surface area contributed by atoms with Gasteiger partial charge in [0.05, 0.1) is 15.7 Å². The summed E-state index contributed by atoms with van der Waals surface area (Å²) in [6, 6.07) is 19.3. The molecule has 1 N–H and O–H groups in total. The highest BCUT2D eigenvalue weighted by atomic mass is 35.5. The van der Waals surface area contributed by atoms with E-state index in [0.717, 1.165) is 33.2 Å². The van der Waals surface area contributed by atoms with Crippen molar-refractivity contribution in [2.75, 3.05) is 5.32 Å². The van der Waals surface area contributed by atoms with Crippen molar-refractivity contribution in [1.29, 1.82) is 0 Å². The van der Waals surface area contributed by atoms with Crippen LogP contribution in [0.25, 0.3) is 11.3 Å². The number of carbonyl (C=O) groups excluding carboxylic acids is 1. The predicted molar refractivity (Wildman–Crippen MR) is 127 cm³/mol. The summed E-state index contributed by atoms with van der Waals surface area (Å²) >= 11 is 13.6. The third kappa shape index (κ3) is 5.56. The monoisotopic (exact) mass is 470 g/mol. The largest absolute Gasteiger partial charge is 0.461 e. The van der Waals surface area contributed by atoms with E-state index in [1.54, 1.807) is 6.07 Å². The van der Waals surface area contributed by atoms with Gasteiger partial charge >= 0.3 is 0 Å². The summed E-state index contributed by atoms with van der Waals surface area (Å²) in [4.78, 5) is 18.0. The minimum Gasteiger partial charge on any atom is -0.461 e. The lowest BCUT2D eigenvalue weighted by atomic mass is 10.1. The number of furan rings is 1. The topological polar surface area (TPSA) is 55.1 Å². The first-order chi connectivity index (χ1) is 15.0. The number of hydrogen-bond acceptors (Lipinski definition) is 4. The molecule has 0 aliphatic heterocycles. The van der Waals surface area contributed by atoms with E-state index in [0.29, 0.717) is 34.4 Å². The van der Waals surface area contributed by atoms with Crippen LogP contribution in [0.15, 0.2) is 65.1 Å². The number of carbonyl (C=O) groups is 1. The lowest BCUT2D eigenvalue weighted by Crippen LogP contribution is -2.11. The van der Waals surface area contributed by atoms with Crippen molar-refractivity contribution in [1.82, 2.24) is 4.98 Å². The number of anilines is 1. The summed E-state index contributed by atoms with van der Waals surface area (Å²) in [6.45, 7) is 1.94. The maximum atomic E-state index is 12.4. The van der Waals surface area contributed by atoms with Gasteiger partial charge in [-0.05, 0) is 36.8 Å². The van der Waals surface area contributed by atoms with E-state index in [1.807, 2.05) is 61.5 Å². The van der Waals surface area contributed by atoms with E-state index in [1.165, 1.54) is 11.3 Å². The molecule has 0 spiro atoms. The maximum absolute atomic E-state index is 12.4. The van der Waals surface area contributed by atoms with Gasteiger partial charge in [-0.3, -0.25) is 4.79 Å². The Morgan fingerprint density at radius 2 is 1.87 bits per heavy atom. The molecule has 0 fully saturated rings. The van der Waals surface area contributed by atoms with Crippen molar-refractivity contribution < 1.29 is 9.21 Å². The van der Waals surface area contributed by atoms with Crippen molar-refractivity contribution in [3.8, 4) is 11.3 Å². The summed E-state index contributed by atoms with van der Waals surface area (Å²) < 4.78 is 5.86. The number of amides is 1. The Kier molecular flexibility index (Phi) is 6.76. The predicted octanol–water partition coefficient (Wildman–Crippen LogP) is 7.18. The van der Waals surface area contributed by atoms with Gasteiger partial charge in [0.25, 0.3) is 0 Å². The van der Waals surface area contributed by atoms with Gasteiger partial charge in [-0.15, -0.1) is 11.3 Å². The summed E-state index contributed by atoms with van der Waals surface area (Å²) in [5.41, 5.74) is 2.96. The fourth-order valence-corrected chi connectivity index (χ4v) is 4.50. The van der Waals surface area contributed by atoms with E-state index < -0.39 is 0 Å². The third-order valence-electron chi connectivity index (χ3n) is 4.81. The van der Waals surface area contributed by atoms with Crippen LogP contribution in [-0.2, 0) is 17.6 Å². The number of thiazole rings is 1.